The monoisotopic (exact) mass is 623 g/mol. The Morgan fingerprint density at radius 2 is 1.87 bits per heavy atom. The number of piperidine rings is 1. The van der Waals surface area contributed by atoms with Crippen molar-refractivity contribution in [2.45, 2.75) is 63.8 Å². The van der Waals surface area contributed by atoms with Crippen LogP contribution in [0.1, 0.15) is 54.9 Å². The third-order valence-electron chi connectivity index (χ3n) is 9.63. The summed E-state index contributed by atoms with van der Waals surface area (Å²) in [5, 5.41) is 22.2. The highest BCUT2D eigenvalue weighted by atomic mass is 16.5. The maximum absolute atomic E-state index is 14.1. The summed E-state index contributed by atoms with van der Waals surface area (Å²) in [6.07, 6.45) is 6.47. The minimum absolute atomic E-state index is 0.0734. The van der Waals surface area contributed by atoms with Gasteiger partial charge in [0, 0.05) is 43.1 Å². The molecule has 0 unspecified atom stereocenters. The fraction of sp³-hybridized carbons (Fsp3) is 0.378. The zero-order chi connectivity index (χ0) is 32.4. The van der Waals surface area contributed by atoms with E-state index >= 15 is 0 Å². The molecular formula is C37H41N3O6. The van der Waals surface area contributed by atoms with Crippen molar-refractivity contribution >= 4 is 29.1 Å². The van der Waals surface area contributed by atoms with Gasteiger partial charge in [-0.25, -0.2) is 0 Å². The summed E-state index contributed by atoms with van der Waals surface area (Å²) in [5.74, 6) is -0.645. The average molecular weight is 624 g/mol. The smallest absolute Gasteiger partial charge is 0.264 e. The van der Waals surface area contributed by atoms with Crippen molar-refractivity contribution in [3.63, 3.8) is 0 Å². The van der Waals surface area contributed by atoms with Crippen molar-refractivity contribution in [2.24, 2.45) is 5.92 Å². The number of fused-ring (bicyclic) bond motifs is 2. The molecule has 3 aromatic carbocycles. The molecule has 0 spiro atoms. The van der Waals surface area contributed by atoms with Crippen LogP contribution in [0.2, 0.25) is 0 Å². The first-order valence-electron chi connectivity index (χ1n) is 16.0. The molecule has 6 rings (SSSR count). The maximum atomic E-state index is 14.1. The molecule has 46 heavy (non-hydrogen) atoms. The minimum atomic E-state index is -1.89. The van der Waals surface area contributed by atoms with Gasteiger partial charge >= 0.3 is 0 Å². The second-order valence-corrected chi connectivity index (χ2v) is 12.5. The number of carbonyl (C=O) groups is 3. The zero-order valence-electron chi connectivity index (χ0n) is 26.4. The molecule has 9 nitrogen and oxygen atoms in total. The quantitative estimate of drug-likeness (QED) is 0.341. The third kappa shape index (κ3) is 5.81. The third-order valence-corrected chi connectivity index (χ3v) is 9.63. The lowest BCUT2D eigenvalue weighted by atomic mass is 9.82. The lowest BCUT2D eigenvalue weighted by molar-refractivity contribution is -0.139. The molecule has 3 heterocycles. The minimum Gasteiger partial charge on any atom is -0.497 e. The van der Waals surface area contributed by atoms with Crippen LogP contribution in [0.15, 0.2) is 78.9 Å². The van der Waals surface area contributed by atoms with Crippen LogP contribution in [0.25, 0.3) is 0 Å². The van der Waals surface area contributed by atoms with E-state index in [-0.39, 0.29) is 37.4 Å². The molecule has 2 N–H and O–H groups in total. The number of anilines is 2. The Labute approximate surface area is 269 Å². The number of ether oxygens (including phenoxy) is 1. The first kappa shape index (κ1) is 31.5. The number of hydrogen-bond acceptors (Lipinski definition) is 6. The highest BCUT2D eigenvalue weighted by molar-refractivity contribution is 6.07. The van der Waals surface area contributed by atoms with Gasteiger partial charge in [0.05, 0.1) is 32.0 Å². The van der Waals surface area contributed by atoms with E-state index in [1.54, 1.807) is 52.0 Å². The molecule has 3 atom stereocenters. The van der Waals surface area contributed by atoms with Gasteiger partial charge in [0.1, 0.15) is 5.75 Å². The molecule has 3 aromatic rings. The zero-order valence-corrected chi connectivity index (χ0v) is 26.4. The van der Waals surface area contributed by atoms with E-state index < -0.39 is 17.4 Å². The fourth-order valence-corrected chi connectivity index (χ4v) is 6.97. The average Bonchev–Trinajstić information content (AvgIpc) is 3.29. The standard InChI is InChI=1S/C37H41N3O6/c1-25(9-7-15-35(43)39-23-28-12-4-3-11-27(28)20-30(39)24-41)37(45)32-21-31(46-2)16-17-33(32)40(36(37)44)22-26-10-8-13-29(19-26)38-18-6-5-14-34(38)42/h3-4,7-13,16-17,19,21,25,30,41,45H,5-6,14-15,18,20,22-24H2,1-2H3/b9-7+/t25-,30+,37+/m1/s1. The van der Waals surface area contributed by atoms with Gasteiger partial charge in [-0.05, 0) is 66.3 Å². The van der Waals surface area contributed by atoms with Gasteiger partial charge in [0.15, 0.2) is 5.60 Å². The van der Waals surface area contributed by atoms with Crippen LogP contribution in [0.4, 0.5) is 11.4 Å². The number of benzene rings is 3. The molecule has 0 radical (unpaired) electrons. The molecule has 0 aliphatic carbocycles. The van der Waals surface area contributed by atoms with Crippen LogP contribution in [0.5, 0.6) is 5.75 Å². The number of amides is 3. The van der Waals surface area contributed by atoms with Crippen molar-refractivity contribution in [3.05, 3.63) is 101 Å². The summed E-state index contributed by atoms with van der Waals surface area (Å²) in [4.78, 5) is 45.1. The Morgan fingerprint density at radius 1 is 1.07 bits per heavy atom. The van der Waals surface area contributed by atoms with Gasteiger partial charge in [-0.2, -0.15) is 0 Å². The van der Waals surface area contributed by atoms with Gasteiger partial charge < -0.3 is 29.6 Å². The summed E-state index contributed by atoms with van der Waals surface area (Å²) >= 11 is 0. The van der Waals surface area contributed by atoms with E-state index in [0.29, 0.717) is 42.9 Å². The Balaban J connectivity index is 1.22. The highest BCUT2D eigenvalue weighted by Gasteiger charge is 2.52. The SMILES string of the molecule is COc1ccc2c(c1)[C@@](O)([C@H](C)/C=C/CC(=O)N1Cc3ccccc3C[C@H]1CO)C(=O)N2Cc1cccc(N2CCCCC2=O)c1. The van der Waals surface area contributed by atoms with Gasteiger partial charge in [-0.15, -0.1) is 0 Å². The lowest BCUT2D eigenvalue weighted by Crippen LogP contribution is -2.46. The Morgan fingerprint density at radius 3 is 2.63 bits per heavy atom. The van der Waals surface area contributed by atoms with E-state index in [1.165, 1.54) is 7.11 Å². The summed E-state index contributed by atoms with van der Waals surface area (Å²) in [6, 6.07) is 20.5. The number of nitrogens with zero attached hydrogens (tertiary/aromatic N) is 3. The molecule has 3 aliphatic rings. The van der Waals surface area contributed by atoms with Crippen LogP contribution in [-0.4, -0.2) is 59.1 Å². The predicted molar refractivity (Wildman–Crippen MR) is 175 cm³/mol. The number of aliphatic hydroxyl groups excluding tert-OH is 1. The van der Waals surface area contributed by atoms with Gasteiger partial charge in [-0.1, -0.05) is 55.5 Å². The molecule has 1 saturated heterocycles. The molecule has 3 aliphatic heterocycles. The van der Waals surface area contributed by atoms with Gasteiger partial charge in [0.25, 0.3) is 5.91 Å². The molecule has 1 fully saturated rings. The van der Waals surface area contributed by atoms with Crippen molar-refractivity contribution in [1.82, 2.24) is 4.90 Å². The Hall–Kier alpha value is -4.47. The van der Waals surface area contributed by atoms with Crippen molar-refractivity contribution in [3.8, 4) is 5.75 Å². The van der Waals surface area contributed by atoms with Crippen molar-refractivity contribution in [1.29, 1.82) is 0 Å². The predicted octanol–water partition coefficient (Wildman–Crippen LogP) is 4.47. The molecule has 0 bridgehead atoms. The van der Waals surface area contributed by atoms with E-state index in [2.05, 4.69) is 0 Å². The van der Waals surface area contributed by atoms with E-state index in [0.717, 1.165) is 35.2 Å². The van der Waals surface area contributed by atoms with Crippen molar-refractivity contribution < 1.29 is 29.3 Å². The second-order valence-electron chi connectivity index (χ2n) is 12.5. The fourth-order valence-electron chi connectivity index (χ4n) is 6.97. The molecule has 0 aromatic heterocycles. The van der Waals surface area contributed by atoms with Crippen LogP contribution in [0.3, 0.4) is 0 Å². The van der Waals surface area contributed by atoms with Crippen LogP contribution < -0.4 is 14.5 Å². The number of carbonyl (C=O) groups excluding carboxylic acids is 3. The number of hydrogen-bond donors (Lipinski definition) is 2. The highest BCUT2D eigenvalue weighted by Crippen LogP contribution is 2.47. The van der Waals surface area contributed by atoms with Crippen LogP contribution in [0, 0.1) is 5.92 Å². The number of rotatable bonds is 9. The number of methoxy groups -OCH3 is 1. The van der Waals surface area contributed by atoms with E-state index in [1.807, 2.05) is 48.5 Å². The summed E-state index contributed by atoms with van der Waals surface area (Å²) in [7, 11) is 1.54. The molecule has 3 amide bonds. The summed E-state index contributed by atoms with van der Waals surface area (Å²) in [5.41, 5.74) is 3.00. The Bertz CT molecular complexity index is 1670. The second kappa shape index (κ2) is 13.1. The first-order chi connectivity index (χ1) is 22.2. The molecule has 0 saturated carbocycles. The Kier molecular flexibility index (Phi) is 8.97. The molecular weight excluding hydrogens is 582 g/mol. The van der Waals surface area contributed by atoms with Crippen LogP contribution >= 0.6 is 0 Å². The van der Waals surface area contributed by atoms with Crippen molar-refractivity contribution in [2.75, 3.05) is 30.1 Å². The molecule has 240 valence electrons. The topological polar surface area (TPSA) is 111 Å². The normalized spacial score (nSPS) is 21.8. The first-order valence-corrected chi connectivity index (χ1v) is 16.0. The lowest BCUT2D eigenvalue weighted by Gasteiger charge is -2.36. The molecule has 9 heteroatoms. The van der Waals surface area contributed by atoms with E-state index in [4.69, 9.17) is 4.74 Å². The summed E-state index contributed by atoms with van der Waals surface area (Å²) in [6.45, 7) is 2.96. The van der Waals surface area contributed by atoms with Gasteiger partial charge in [-0.3, -0.25) is 14.4 Å². The summed E-state index contributed by atoms with van der Waals surface area (Å²) < 4.78 is 5.45. The van der Waals surface area contributed by atoms with Crippen LogP contribution in [-0.2, 0) is 39.5 Å². The maximum Gasteiger partial charge on any atom is 0.264 e. The van der Waals surface area contributed by atoms with Gasteiger partial charge in [0.2, 0.25) is 11.8 Å². The number of aliphatic hydroxyl groups is 2. The van der Waals surface area contributed by atoms with E-state index in [9.17, 15) is 24.6 Å². The largest absolute Gasteiger partial charge is 0.497 e.